The molecule has 0 saturated carbocycles. The molecule has 0 radical (unpaired) electrons. The van der Waals surface area contributed by atoms with Crippen molar-refractivity contribution in [1.29, 1.82) is 0 Å². The van der Waals surface area contributed by atoms with Crippen LogP contribution in [0.3, 0.4) is 0 Å². The number of rotatable bonds is 3. The van der Waals surface area contributed by atoms with E-state index in [1.165, 1.54) is 0 Å². The molecule has 120 valence electrons. The zero-order valence-electron chi connectivity index (χ0n) is 13.7. The van der Waals surface area contributed by atoms with Crippen LogP contribution in [0.4, 0.5) is 11.4 Å². The zero-order chi connectivity index (χ0) is 16.7. The van der Waals surface area contributed by atoms with Crippen LogP contribution in [0.5, 0.6) is 0 Å². The Hall–Kier alpha value is -2.78. The molecule has 24 heavy (non-hydrogen) atoms. The van der Waals surface area contributed by atoms with Gasteiger partial charge in [0.05, 0.1) is 5.60 Å². The second-order valence-electron chi connectivity index (χ2n) is 6.54. The van der Waals surface area contributed by atoms with Crippen LogP contribution in [0, 0.1) is 0 Å². The van der Waals surface area contributed by atoms with Crippen molar-refractivity contribution in [2.24, 2.45) is 0 Å². The van der Waals surface area contributed by atoms with Crippen LogP contribution >= 0.6 is 0 Å². The Balaban J connectivity index is 1.77. The molecular weight excluding hydrogens is 298 g/mol. The van der Waals surface area contributed by atoms with Gasteiger partial charge in [-0.25, -0.2) is 0 Å². The normalized spacial score (nSPS) is 12.0. The maximum Gasteiger partial charge on any atom is 0.137 e. The summed E-state index contributed by atoms with van der Waals surface area (Å²) in [6, 6.07) is 21.9. The van der Waals surface area contributed by atoms with Crippen molar-refractivity contribution in [3.8, 4) is 0 Å². The van der Waals surface area contributed by atoms with E-state index in [1.54, 1.807) is 13.8 Å². The monoisotopic (exact) mass is 317 g/mol. The highest BCUT2D eigenvalue weighted by atomic mass is 16.3. The topological polar surface area (TPSA) is 45.4 Å². The van der Waals surface area contributed by atoms with Crippen molar-refractivity contribution >= 4 is 33.3 Å². The quantitative estimate of drug-likeness (QED) is 0.520. The van der Waals surface area contributed by atoms with Crippen molar-refractivity contribution in [2.45, 2.75) is 19.4 Å². The lowest BCUT2D eigenvalue weighted by molar-refractivity contribution is 0.0794. The summed E-state index contributed by atoms with van der Waals surface area (Å²) in [5, 5.41) is 16.0. The molecule has 3 aromatic carbocycles. The summed E-state index contributed by atoms with van der Waals surface area (Å²) in [7, 11) is 0. The van der Waals surface area contributed by atoms with Gasteiger partial charge in [-0.05, 0) is 38.1 Å². The fourth-order valence-corrected chi connectivity index (χ4v) is 3.08. The standard InChI is InChI=1S/C21H19NO2/c1-21(2,23)17-8-4-5-9-18(17)22-14-11-12-16-15-7-3-6-10-19(15)24-20(16)13-14/h3-13,22-23H,1-2H3. The summed E-state index contributed by atoms with van der Waals surface area (Å²) in [5.74, 6) is 0. The smallest absolute Gasteiger partial charge is 0.137 e. The number of hydrogen-bond acceptors (Lipinski definition) is 3. The van der Waals surface area contributed by atoms with Crippen LogP contribution in [-0.2, 0) is 5.60 Å². The maximum absolute atomic E-state index is 10.4. The van der Waals surface area contributed by atoms with Gasteiger partial charge in [0.15, 0.2) is 0 Å². The molecule has 0 bridgehead atoms. The molecule has 3 heteroatoms. The molecule has 0 unspecified atom stereocenters. The first-order valence-corrected chi connectivity index (χ1v) is 8.02. The van der Waals surface area contributed by atoms with E-state index in [0.717, 1.165) is 38.9 Å². The van der Waals surface area contributed by atoms with E-state index in [-0.39, 0.29) is 0 Å². The Morgan fingerprint density at radius 2 is 1.54 bits per heavy atom. The lowest BCUT2D eigenvalue weighted by Gasteiger charge is -2.22. The van der Waals surface area contributed by atoms with Crippen LogP contribution in [0.1, 0.15) is 19.4 Å². The minimum absolute atomic E-state index is 0.849. The Labute approximate surface area is 140 Å². The predicted octanol–water partition coefficient (Wildman–Crippen LogP) is 5.56. The molecule has 0 aliphatic heterocycles. The first kappa shape index (κ1) is 14.8. The fraction of sp³-hybridized carbons (Fsp3) is 0.143. The van der Waals surface area contributed by atoms with Gasteiger partial charge in [0.2, 0.25) is 0 Å². The Morgan fingerprint density at radius 3 is 2.38 bits per heavy atom. The van der Waals surface area contributed by atoms with E-state index in [9.17, 15) is 5.11 Å². The molecule has 4 rings (SSSR count). The number of fused-ring (bicyclic) bond motifs is 3. The minimum atomic E-state index is -0.910. The van der Waals surface area contributed by atoms with E-state index in [4.69, 9.17) is 4.42 Å². The first-order chi connectivity index (χ1) is 11.5. The summed E-state index contributed by atoms with van der Waals surface area (Å²) >= 11 is 0. The van der Waals surface area contributed by atoms with E-state index >= 15 is 0 Å². The third-order valence-electron chi connectivity index (χ3n) is 4.24. The van der Waals surface area contributed by atoms with E-state index in [2.05, 4.69) is 17.4 Å². The van der Waals surface area contributed by atoms with Crippen LogP contribution in [-0.4, -0.2) is 5.11 Å². The summed E-state index contributed by atoms with van der Waals surface area (Å²) in [4.78, 5) is 0. The second-order valence-corrected chi connectivity index (χ2v) is 6.54. The molecule has 1 heterocycles. The summed E-state index contributed by atoms with van der Waals surface area (Å²) in [6.07, 6.45) is 0. The number of benzene rings is 3. The SMILES string of the molecule is CC(C)(O)c1ccccc1Nc1ccc2c(c1)oc1ccccc12. The molecule has 0 aliphatic carbocycles. The van der Waals surface area contributed by atoms with E-state index in [1.807, 2.05) is 54.6 Å². The van der Waals surface area contributed by atoms with Gasteiger partial charge in [-0.15, -0.1) is 0 Å². The number of para-hydroxylation sites is 2. The highest BCUT2D eigenvalue weighted by molar-refractivity contribution is 6.05. The minimum Gasteiger partial charge on any atom is -0.456 e. The fourth-order valence-electron chi connectivity index (χ4n) is 3.08. The summed E-state index contributed by atoms with van der Waals surface area (Å²) in [5.41, 5.74) is 3.50. The van der Waals surface area contributed by atoms with Gasteiger partial charge < -0.3 is 14.8 Å². The van der Waals surface area contributed by atoms with Crippen LogP contribution in [0.15, 0.2) is 71.1 Å². The molecular formula is C21H19NO2. The summed E-state index contributed by atoms with van der Waals surface area (Å²) < 4.78 is 5.94. The van der Waals surface area contributed by atoms with Gasteiger partial charge in [0.25, 0.3) is 0 Å². The second kappa shape index (κ2) is 5.39. The lowest BCUT2D eigenvalue weighted by atomic mass is 9.96. The summed E-state index contributed by atoms with van der Waals surface area (Å²) in [6.45, 7) is 3.58. The van der Waals surface area contributed by atoms with E-state index in [0.29, 0.717) is 0 Å². The van der Waals surface area contributed by atoms with Crippen LogP contribution in [0.2, 0.25) is 0 Å². The number of anilines is 2. The molecule has 0 aliphatic rings. The Bertz CT molecular complexity index is 1020. The Morgan fingerprint density at radius 1 is 0.833 bits per heavy atom. The van der Waals surface area contributed by atoms with Crippen molar-refractivity contribution in [2.75, 3.05) is 5.32 Å². The van der Waals surface area contributed by atoms with Gasteiger partial charge in [-0.3, -0.25) is 0 Å². The number of nitrogens with one attached hydrogen (secondary N) is 1. The average Bonchev–Trinajstić information content (AvgIpc) is 2.92. The van der Waals surface area contributed by atoms with Gasteiger partial charge in [0.1, 0.15) is 11.2 Å². The largest absolute Gasteiger partial charge is 0.456 e. The number of hydrogen-bond donors (Lipinski definition) is 2. The molecule has 0 fully saturated rings. The molecule has 0 amide bonds. The van der Waals surface area contributed by atoms with Crippen molar-refractivity contribution in [1.82, 2.24) is 0 Å². The average molecular weight is 317 g/mol. The third-order valence-corrected chi connectivity index (χ3v) is 4.24. The molecule has 4 aromatic rings. The lowest BCUT2D eigenvalue weighted by Crippen LogP contribution is -2.17. The zero-order valence-corrected chi connectivity index (χ0v) is 13.7. The molecule has 2 N–H and O–H groups in total. The molecule has 0 atom stereocenters. The van der Waals surface area contributed by atoms with Crippen LogP contribution < -0.4 is 5.32 Å². The first-order valence-electron chi connectivity index (χ1n) is 8.02. The highest BCUT2D eigenvalue weighted by Gasteiger charge is 2.19. The maximum atomic E-state index is 10.4. The molecule has 0 spiro atoms. The highest BCUT2D eigenvalue weighted by Crippen LogP contribution is 2.33. The predicted molar refractivity (Wildman–Crippen MR) is 98.7 cm³/mol. The number of furan rings is 1. The number of aliphatic hydroxyl groups is 1. The Kier molecular flexibility index (Phi) is 3.32. The van der Waals surface area contributed by atoms with Crippen molar-refractivity contribution in [3.05, 3.63) is 72.3 Å². The van der Waals surface area contributed by atoms with Gasteiger partial charge in [-0.1, -0.05) is 36.4 Å². The van der Waals surface area contributed by atoms with Gasteiger partial charge in [-0.2, -0.15) is 0 Å². The van der Waals surface area contributed by atoms with E-state index < -0.39 is 5.60 Å². The molecule has 0 saturated heterocycles. The molecule has 3 nitrogen and oxygen atoms in total. The third kappa shape index (κ3) is 2.53. The van der Waals surface area contributed by atoms with Gasteiger partial charge >= 0.3 is 0 Å². The van der Waals surface area contributed by atoms with Crippen LogP contribution in [0.25, 0.3) is 21.9 Å². The van der Waals surface area contributed by atoms with Gasteiger partial charge in [0, 0.05) is 33.8 Å². The molecule has 1 aromatic heterocycles. The van der Waals surface area contributed by atoms with Crippen molar-refractivity contribution < 1.29 is 9.52 Å². The van der Waals surface area contributed by atoms with Crippen molar-refractivity contribution in [3.63, 3.8) is 0 Å².